The van der Waals surface area contributed by atoms with Crippen molar-refractivity contribution in [1.82, 2.24) is 19.9 Å². The molecule has 0 aliphatic heterocycles. The number of aromatic nitrogens is 3. The zero-order valence-corrected chi connectivity index (χ0v) is 14.4. The SMILES string of the molecule is CCc1ncc(CNC(C)c2cn(C)c3cc(Cl)ccc23)cn1. The number of nitrogens with zero attached hydrogens (tertiary/aromatic N) is 3. The highest BCUT2D eigenvalue weighted by Gasteiger charge is 2.13. The van der Waals surface area contributed by atoms with Crippen LogP contribution in [0.25, 0.3) is 10.9 Å². The number of fused-ring (bicyclic) bond motifs is 1. The smallest absolute Gasteiger partial charge is 0.127 e. The molecule has 1 aromatic carbocycles. The third kappa shape index (κ3) is 3.38. The fourth-order valence-corrected chi connectivity index (χ4v) is 2.94. The van der Waals surface area contributed by atoms with E-state index in [1.807, 2.05) is 31.6 Å². The van der Waals surface area contributed by atoms with E-state index in [1.54, 1.807) is 0 Å². The third-order valence-electron chi connectivity index (χ3n) is 4.14. The molecule has 3 aromatic rings. The van der Waals surface area contributed by atoms with Gasteiger partial charge < -0.3 is 9.88 Å². The highest BCUT2D eigenvalue weighted by Crippen LogP contribution is 2.28. The Balaban J connectivity index is 1.76. The van der Waals surface area contributed by atoms with E-state index >= 15 is 0 Å². The summed E-state index contributed by atoms with van der Waals surface area (Å²) in [5.41, 5.74) is 3.51. The van der Waals surface area contributed by atoms with Crippen LogP contribution in [0.4, 0.5) is 0 Å². The third-order valence-corrected chi connectivity index (χ3v) is 4.37. The first-order chi connectivity index (χ1) is 11.1. The van der Waals surface area contributed by atoms with Crippen molar-refractivity contribution in [3.05, 3.63) is 58.8 Å². The minimum atomic E-state index is 0.228. The van der Waals surface area contributed by atoms with Gasteiger partial charge in [0.05, 0.1) is 0 Å². The predicted molar refractivity (Wildman–Crippen MR) is 94.6 cm³/mol. The van der Waals surface area contributed by atoms with Gasteiger partial charge in [0.1, 0.15) is 5.82 Å². The summed E-state index contributed by atoms with van der Waals surface area (Å²) in [5.74, 6) is 0.882. The van der Waals surface area contributed by atoms with Gasteiger partial charge in [-0.05, 0) is 24.6 Å². The van der Waals surface area contributed by atoms with E-state index in [-0.39, 0.29) is 6.04 Å². The molecule has 0 radical (unpaired) electrons. The molecule has 2 heterocycles. The van der Waals surface area contributed by atoms with E-state index in [0.29, 0.717) is 0 Å². The first kappa shape index (κ1) is 16.0. The number of benzene rings is 1. The van der Waals surface area contributed by atoms with Crippen LogP contribution in [-0.2, 0) is 20.0 Å². The Hall–Kier alpha value is -1.91. The standard InChI is InChI=1S/C18H21ClN4/c1-4-18-21-9-13(10-22-18)8-20-12(2)16-11-23(3)17-7-14(19)5-6-15(16)17/h5-7,9-12,20H,4,8H2,1-3H3. The van der Waals surface area contributed by atoms with Crippen LogP contribution in [0.2, 0.25) is 5.02 Å². The van der Waals surface area contributed by atoms with Gasteiger partial charge in [-0.25, -0.2) is 9.97 Å². The molecule has 0 spiro atoms. The second-order valence-corrected chi connectivity index (χ2v) is 6.26. The van der Waals surface area contributed by atoms with Crippen LogP contribution in [-0.4, -0.2) is 14.5 Å². The highest BCUT2D eigenvalue weighted by molar-refractivity contribution is 6.31. The molecule has 0 fully saturated rings. The van der Waals surface area contributed by atoms with Gasteiger partial charge in [0.15, 0.2) is 0 Å². The van der Waals surface area contributed by atoms with E-state index in [2.05, 4.69) is 46.0 Å². The maximum atomic E-state index is 6.10. The fourth-order valence-electron chi connectivity index (χ4n) is 2.77. The Morgan fingerprint density at radius 1 is 1.26 bits per heavy atom. The number of hydrogen-bond donors (Lipinski definition) is 1. The minimum Gasteiger partial charge on any atom is -0.350 e. The number of halogens is 1. The molecule has 0 saturated carbocycles. The summed E-state index contributed by atoms with van der Waals surface area (Å²) in [6.07, 6.45) is 6.82. The lowest BCUT2D eigenvalue weighted by Gasteiger charge is -2.13. The van der Waals surface area contributed by atoms with Gasteiger partial charge >= 0.3 is 0 Å². The lowest BCUT2D eigenvalue weighted by molar-refractivity contribution is 0.574. The van der Waals surface area contributed by atoms with Gasteiger partial charge in [-0.1, -0.05) is 24.6 Å². The summed E-state index contributed by atoms with van der Waals surface area (Å²) >= 11 is 6.10. The van der Waals surface area contributed by atoms with E-state index in [9.17, 15) is 0 Å². The molecule has 0 saturated heterocycles. The summed E-state index contributed by atoms with van der Waals surface area (Å²) in [6.45, 7) is 4.97. The van der Waals surface area contributed by atoms with E-state index < -0.39 is 0 Å². The van der Waals surface area contributed by atoms with E-state index in [0.717, 1.165) is 34.9 Å². The summed E-state index contributed by atoms with van der Waals surface area (Å²) in [7, 11) is 2.05. The summed E-state index contributed by atoms with van der Waals surface area (Å²) in [5, 5.41) is 5.54. The number of nitrogens with one attached hydrogen (secondary N) is 1. The molecule has 1 atom stereocenters. The molecule has 0 aliphatic rings. The van der Waals surface area contributed by atoms with Crippen molar-refractivity contribution < 1.29 is 0 Å². The summed E-state index contributed by atoms with van der Waals surface area (Å²) in [6, 6.07) is 6.26. The molecule has 0 bridgehead atoms. The Kier molecular flexibility index (Phi) is 4.64. The summed E-state index contributed by atoms with van der Waals surface area (Å²) in [4.78, 5) is 8.68. The highest BCUT2D eigenvalue weighted by atomic mass is 35.5. The van der Waals surface area contributed by atoms with Crippen LogP contribution in [0.3, 0.4) is 0 Å². The van der Waals surface area contributed by atoms with Gasteiger partial charge in [0, 0.05) is 66.1 Å². The monoisotopic (exact) mass is 328 g/mol. The van der Waals surface area contributed by atoms with Crippen LogP contribution in [0, 0.1) is 0 Å². The molecule has 4 nitrogen and oxygen atoms in total. The van der Waals surface area contributed by atoms with Crippen molar-refractivity contribution in [1.29, 1.82) is 0 Å². The number of hydrogen-bond acceptors (Lipinski definition) is 3. The number of aryl methyl sites for hydroxylation is 2. The summed E-state index contributed by atoms with van der Waals surface area (Å²) < 4.78 is 2.12. The molecule has 1 N–H and O–H groups in total. The Labute approximate surface area is 141 Å². The average Bonchev–Trinajstić information content (AvgIpc) is 2.89. The van der Waals surface area contributed by atoms with Crippen molar-refractivity contribution in [2.75, 3.05) is 0 Å². The normalized spacial score (nSPS) is 12.7. The molecule has 3 rings (SSSR count). The van der Waals surface area contributed by atoms with Crippen LogP contribution in [0.15, 0.2) is 36.8 Å². The van der Waals surface area contributed by atoms with Crippen molar-refractivity contribution in [2.24, 2.45) is 7.05 Å². The molecule has 0 aliphatic carbocycles. The zero-order valence-electron chi connectivity index (χ0n) is 13.7. The Morgan fingerprint density at radius 2 is 2.00 bits per heavy atom. The van der Waals surface area contributed by atoms with Crippen molar-refractivity contribution in [3.63, 3.8) is 0 Å². The minimum absolute atomic E-state index is 0.228. The van der Waals surface area contributed by atoms with Crippen LogP contribution in [0.5, 0.6) is 0 Å². The van der Waals surface area contributed by atoms with Crippen molar-refractivity contribution >= 4 is 22.5 Å². The second kappa shape index (κ2) is 6.69. The predicted octanol–water partition coefficient (Wildman–Crippen LogP) is 4.03. The van der Waals surface area contributed by atoms with E-state index in [1.165, 1.54) is 10.9 Å². The molecule has 120 valence electrons. The molecule has 5 heteroatoms. The largest absolute Gasteiger partial charge is 0.350 e. The maximum absolute atomic E-state index is 6.10. The number of rotatable bonds is 5. The van der Waals surface area contributed by atoms with Crippen LogP contribution >= 0.6 is 11.6 Å². The topological polar surface area (TPSA) is 42.7 Å². The molecular weight excluding hydrogens is 308 g/mol. The fraction of sp³-hybridized carbons (Fsp3) is 0.333. The first-order valence-corrected chi connectivity index (χ1v) is 8.24. The van der Waals surface area contributed by atoms with Gasteiger partial charge in [-0.3, -0.25) is 0 Å². The lowest BCUT2D eigenvalue weighted by atomic mass is 10.1. The van der Waals surface area contributed by atoms with Crippen molar-refractivity contribution in [3.8, 4) is 0 Å². The molecule has 1 unspecified atom stereocenters. The van der Waals surface area contributed by atoms with Gasteiger partial charge in [-0.2, -0.15) is 0 Å². The first-order valence-electron chi connectivity index (χ1n) is 7.86. The van der Waals surface area contributed by atoms with Gasteiger partial charge in [0.25, 0.3) is 0 Å². The lowest BCUT2D eigenvalue weighted by Crippen LogP contribution is -2.18. The molecule has 2 aromatic heterocycles. The van der Waals surface area contributed by atoms with Gasteiger partial charge in [-0.15, -0.1) is 0 Å². The van der Waals surface area contributed by atoms with Gasteiger partial charge in [0.2, 0.25) is 0 Å². The second-order valence-electron chi connectivity index (χ2n) is 5.82. The zero-order chi connectivity index (χ0) is 16.4. The van der Waals surface area contributed by atoms with Crippen molar-refractivity contribution in [2.45, 2.75) is 32.9 Å². The maximum Gasteiger partial charge on any atom is 0.127 e. The van der Waals surface area contributed by atoms with E-state index in [4.69, 9.17) is 11.6 Å². The Morgan fingerprint density at radius 3 is 2.70 bits per heavy atom. The average molecular weight is 329 g/mol. The quantitative estimate of drug-likeness (QED) is 0.768. The molecule has 0 amide bonds. The van der Waals surface area contributed by atoms with Crippen LogP contribution in [0.1, 0.15) is 36.8 Å². The molecular formula is C18H21ClN4. The Bertz CT molecular complexity index is 808. The molecule has 23 heavy (non-hydrogen) atoms. The van der Waals surface area contributed by atoms with Crippen LogP contribution < -0.4 is 5.32 Å².